The van der Waals surface area contributed by atoms with E-state index in [2.05, 4.69) is 9.71 Å². The quantitative estimate of drug-likeness (QED) is 0.781. The van der Waals surface area contributed by atoms with Crippen LogP contribution in [0.3, 0.4) is 0 Å². The first kappa shape index (κ1) is 15.3. The third-order valence-electron chi connectivity index (χ3n) is 2.63. The van der Waals surface area contributed by atoms with Gasteiger partial charge in [0.15, 0.2) is 0 Å². The van der Waals surface area contributed by atoms with E-state index in [4.69, 9.17) is 5.73 Å². The van der Waals surface area contributed by atoms with E-state index in [1.807, 2.05) is 0 Å². The lowest BCUT2D eigenvalue weighted by Crippen LogP contribution is -2.28. The zero-order valence-electron chi connectivity index (χ0n) is 11.2. The number of hydrogen-bond acceptors (Lipinski definition) is 5. The van der Waals surface area contributed by atoms with Crippen molar-refractivity contribution in [2.75, 3.05) is 12.8 Å². The number of nitrogen functional groups attached to an aromatic ring is 1. The number of nitrogens with zero attached hydrogens (tertiary/aromatic N) is 2. The van der Waals surface area contributed by atoms with Gasteiger partial charge in [-0.1, -0.05) is 0 Å². The predicted octanol–water partition coefficient (Wildman–Crippen LogP) is 0.167. The van der Waals surface area contributed by atoms with Crippen molar-refractivity contribution in [3.63, 3.8) is 0 Å². The standard InChI is InChI=1S/C12H14N4O3S2/c1-14-11(17)8-16-6-7-20-12(16)15-21(18,19)10-4-2-9(13)3-5-10/h2-7H,8,13H2,1H3,(H,14,17). The van der Waals surface area contributed by atoms with Crippen LogP contribution in [0.4, 0.5) is 5.69 Å². The Hall–Kier alpha value is -2.13. The van der Waals surface area contributed by atoms with Crippen LogP contribution < -0.4 is 15.9 Å². The SMILES string of the molecule is CNC(=O)Cn1ccsc1=NS(=O)(=O)c1ccc(N)cc1. The summed E-state index contributed by atoms with van der Waals surface area (Å²) in [6.07, 6.45) is 1.61. The van der Waals surface area contributed by atoms with Crippen LogP contribution in [-0.2, 0) is 21.4 Å². The van der Waals surface area contributed by atoms with E-state index in [-0.39, 0.29) is 22.1 Å². The number of amides is 1. The topological polar surface area (TPSA) is 107 Å². The third kappa shape index (κ3) is 3.70. The minimum absolute atomic E-state index is 0.0100. The molecule has 1 aromatic heterocycles. The van der Waals surface area contributed by atoms with Crippen LogP contribution in [0.1, 0.15) is 0 Å². The van der Waals surface area contributed by atoms with Crippen molar-refractivity contribution < 1.29 is 13.2 Å². The van der Waals surface area contributed by atoms with E-state index in [0.717, 1.165) is 11.3 Å². The summed E-state index contributed by atoms with van der Waals surface area (Å²) in [6, 6.07) is 5.78. The molecule has 7 nitrogen and oxygen atoms in total. The number of carbonyl (C=O) groups excluding carboxylic acids is 1. The smallest absolute Gasteiger partial charge is 0.285 e. The summed E-state index contributed by atoms with van der Waals surface area (Å²) in [5.74, 6) is -0.236. The molecule has 0 fully saturated rings. The molecular formula is C12H14N4O3S2. The molecule has 0 aliphatic heterocycles. The van der Waals surface area contributed by atoms with E-state index < -0.39 is 10.0 Å². The molecule has 0 unspecified atom stereocenters. The van der Waals surface area contributed by atoms with Gasteiger partial charge in [-0.25, -0.2) is 0 Å². The van der Waals surface area contributed by atoms with Gasteiger partial charge in [-0.3, -0.25) is 4.79 Å². The van der Waals surface area contributed by atoms with Gasteiger partial charge >= 0.3 is 0 Å². The molecule has 2 rings (SSSR count). The van der Waals surface area contributed by atoms with Gasteiger partial charge in [0.1, 0.15) is 6.54 Å². The number of nitrogens with one attached hydrogen (secondary N) is 1. The monoisotopic (exact) mass is 326 g/mol. The Bertz CT molecular complexity index is 804. The Kier molecular flexibility index (Phi) is 4.43. The Balaban J connectivity index is 2.41. The highest BCUT2D eigenvalue weighted by Gasteiger charge is 2.13. The van der Waals surface area contributed by atoms with E-state index in [9.17, 15) is 13.2 Å². The van der Waals surface area contributed by atoms with Gasteiger partial charge in [0, 0.05) is 24.3 Å². The van der Waals surface area contributed by atoms with Gasteiger partial charge in [-0.2, -0.15) is 8.42 Å². The molecule has 0 bridgehead atoms. The number of sulfonamides is 1. The maximum absolute atomic E-state index is 12.2. The first-order valence-corrected chi connectivity index (χ1v) is 8.25. The van der Waals surface area contributed by atoms with Crippen LogP contribution in [0.5, 0.6) is 0 Å². The van der Waals surface area contributed by atoms with Gasteiger partial charge in [0.25, 0.3) is 10.0 Å². The minimum Gasteiger partial charge on any atom is -0.399 e. The molecule has 0 aliphatic rings. The number of hydrogen-bond donors (Lipinski definition) is 2. The van der Waals surface area contributed by atoms with Crippen LogP contribution in [-0.4, -0.2) is 25.9 Å². The maximum atomic E-state index is 12.2. The Morgan fingerprint density at radius 3 is 2.67 bits per heavy atom. The second-order valence-electron chi connectivity index (χ2n) is 4.12. The highest BCUT2D eigenvalue weighted by molar-refractivity contribution is 7.90. The van der Waals surface area contributed by atoms with Crippen LogP contribution in [0, 0.1) is 0 Å². The Labute approximate surface area is 125 Å². The average Bonchev–Trinajstić information content (AvgIpc) is 2.85. The highest BCUT2D eigenvalue weighted by atomic mass is 32.2. The minimum atomic E-state index is -3.84. The number of carbonyl (C=O) groups is 1. The molecule has 0 atom stereocenters. The second kappa shape index (κ2) is 6.10. The highest BCUT2D eigenvalue weighted by Crippen LogP contribution is 2.13. The fraction of sp³-hybridized carbons (Fsp3) is 0.167. The van der Waals surface area contributed by atoms with Gasteiger partial charge in [-0.05, 0) is 24.3 Å². The number of anilines is 1. The molecule has 0 saturated heterocycles. The number of thiazole rings is 1. The molecule has 0 radical (unpaired) electrons. The van der Waals surface area contributed by atoms with Crippen LogP contribution in [0.15, 0.2) is 45.1 Å². The van der Waals surface area contributed by atoms with Crippen molar-refractivity contribution in [1.29, 1.82) is 0 Å². The zero-order chi connectivity index (χ0) is 15.5. The van der Waals surface area contributed by atoms with E-state index in [0.29, 0.717) is 5.69 Å². The molecule has 0 saturated carbocycles. The number of rotatable bonds is 4. The summed E-state index contributed by atoms with van der Waals surface area (Å²) in [5.41, 5.74) is 6.00. The van der Waals surface area contributed by atoms with Crippen molar-refractivity contribution in [3.8, 4) is 0 Å². The molecule has 2 aromatic rings. The fourth-order valence-electron chi connectivity index (χ4n) is 1.52. The van der Waals surface area contributed by atoms with Gasteiger partial charge in [0.2, 0.25) is 10.7 Å². The fourth-order valence-corrected chi connectivity index (χ4v) is 3.47. The summed E-state index contributed by atoms with van der Waals surface area (Å²) in [4.78, 5) is 11.7. The van der Waals surface area contributed by atoms with Crippen molar-refractivity contribution in [1.82, 2.24) is 9.88 Å². The summed E-state index contributed by atoms with van der Waals surface area (Å²) in [6.45, 7) is 0.0100. The largest absolute Gasteiger partial charge is 0.399 e. The van der Waals surface area contributed by atoms with Crippen molar-refractivity contribution in [2.24, 2.45) is 4.40 Å². The van der Waals surface area contributed by atoms with Crippen LogP contribution in [0.2, 0.25) is 0 Å². The summed E-state index contributed by atoms with van der Waals surface area (Å²) in [5, 5.41) is 4.14. The summed E-state index contributed by atoms with van der Waals surface area (Å²) in [7, 11) is -2.33. The molecule has 1 amide bonds. The van der Waals surface area contributed by atoms with E-state index in [1.165, 1.54) is 35.9 Å². The molecule has 1 heterocycles. The molecule has 21 heavy (non-hydrogen) atoms. The van der Waals surface area contributed by atoms with Gasteiger partial charge in [0.05, 0.1) is 4.90 Å². The molecule has 3 N–H and O–H groups in total. The molecule has 112 valence electrons. The first-order valence-electron chi connectivity index (χ1n) is 5.93. The normalized spacial score (nSPS) is 12.3. The number of likely N-dealkylation sites (N-methyl/N-ethyl adjacent to an activating group) is 1. The first-order chi connectivity index (χ1) is 9.92. The van der Waals surface area contributed by atoms with E-state index >= 15 is 0 Å². The number of aromatic nitrogens is 1. The number of nitrogens with two attached hydrogens (primary N) is 1. The lowest BCUT2D eigenvalue weighted by molar-refractivity contribution is -0.121. The maximum Gasteiger partial charge on any atom is 0.285 e. The van der Waals surface area contributed by atoms with Crippen LogP contribution in [0.25, 0.3) is 0 Å². The third-order valence-corrected chi connectivity index (χ3v) is 4.82. The van der Waals surface area contributed by atoms with Crippen molar-refractivity contribution >= 4 is 33.0 Å². The van der Waals surface area contributed by atoms with Crippen molar-refractivity contribution in [3.05, 3.63) is 40.6 Å². The lowest BCUT2D eigenvalue weighted by atomic mass is 10.3. The zero-order valence-corrected chi connectivity index (χ0v) is 12.8. The molecule has 0 spiro atoms. The van der Waals surface area contributed by atoms with E-state index in [1.54, 1.807) is 11.6 Å². The van der Waals surface area contributed by atoms with Crippen molar-refractivity contribution in [2.45, 2.75) is 11.4 Å². The average molecular weight is 326 g/mol. The summed E-state index contributed by atoms with van der Waals surface area (Å²) < 4.78 is 29.6. The van der Waals surface area contributed by atoms with Gasteiger partial charge in [-0.15, -0.1) is 15.7 Å². The number of benzene rings is 1. The molecule has 0 aliphatic carbocycles. The Morgan fingerprint density at radius 2 is 2.05 bits per heavy atom. The molecule has 1 aromatic carbocycles. The second-order valence-corrected chi connectivity index (χ2v) is 6.60. The molecule has 9 heteroatoms. The summed E-state index contributed by atoms with van der Waals surface area (Å²) >= 11 is 1.14. The van der Waals surface area contributed by atoms with Gasteiger partial charge < -0.3 is 15.6 Å². The predicted molar refractivity (Wildman–Crippen MR) is 80.0 cm³/mol. The lowest BCUT2D eigenvalue weighted by Gasteiger charge is -2.02. The molecular weight excluding hydrogens is 312 g/mol. The van der Waals surface area contributed by atoms with Crippen LogP contribution >= 0.6 is 11.3 Å². The Morgan fingerprint density at radius 1 is 1.38 bits per heavy atom.